The van der Waals surface area contributed by atoms with Gasteiger partial charge in [0, 0.05) is 16.8 Å². The van der Waals surface area contributed by atoms with E-state index in [1.54, 1.807) is 0 Å². The summed E-state index contributed by atoms with van der Waals surface area (Å²) < 4.78 is 67.9. The summed E-state index contributed by atoms with van der Waals surface area (Å²) in [5.74, 6) is 0. The van der Waals surface area contributed by atoms with E-state index in [0.29, 0.717) is 0 Å². The Morgan fingerprint density at radius 3 is 0.418 bits per heavy atom. The maximum atomic E-state index is 11.2. The van der Waals surface area contributed by atoms with E-state index in [-0.39, 0.29) is 16.8 Å². The predicted octanol–water partition coefficient (Wildman–Crippen LogP) is -13.1. The summed E-state index contributed by atoms with van der Waals surface area (Å²) >= 11 is 0. The zero-order valence-electron chi connectivity index (χ0n) is 34.8. The Hall–Kier alpha value is -0.694. The summed E-state index contributed by atoms with van der Waals surface area (Å²) in [6, 6.07) is 0. The molecular weight excluding hydrogens is 971 g/mol. The number of rotatable bonds is 6. The molecular formula is C36H60CoO30. The standard InChI is InChI=1S/C36H60O30.Co/c37-1-7-25-13(43)19(49)31(55-7)62-26-8(2-38)57-33(21(51)15(26)45)64-28-10(4-40)59-35(23(53)17(28)47)66-30-12(6-42)60-36(24(54)18(30)48)65-29-11(5-41)58-34(22(52)16(29)46)63-27-9(3-39)56-32(61-25)20(50)14(27)44;/h7-54H,1-6H2;/t7-,8-,9-,10-,11-,12-,13-,14-,15-,16-,17-,18-,19-,20-,21-,22-,23-,24-,25-,26-,27-,28-,29-,30+,31-,32-,33-,34-,35-,36-;/m1./s1. The second-order valence-electron chi connectivity index (χ2n) is 16.8. The number of hydrogen-bond donors (Lipinski definition) is 18. The third-order valence-corrected chi connectivity index (χ3v) is 12.7. The predicted molar refractivity (Wildman–Crippen MR) is 196 cm³/mol. The molecule has 393 valence electrons. The summed E-state index contributed by atoms with van der Waals surface area (Å²) in [4.78, 5) is 0. The smallest absolute Gasteiger partial charge is 0.187 e. The molecule has 0 aromatic heterocycles. The van der Waals surface area contributed by atoms with Gasteiger partial charge in [-0.05, 0) is 0 Å². The molecule has 0 aromatic rings. The minimum absolute atomic E-state index is 0. The normalized spacial score (nSPS) is 54.5. The van der Waals surface area contributed by atoms with Crippen molar-refractivity contribution in [1.29, 1.82) is 0 Å². The summed E-state index contributed by atoms with van der Waals surface area (Å²) in [6.45, 7) is -5.99. The van der Waals surface area contributed by atoms with E-state index in [2.05, 4.69) is 0 Å². The molecule has 22 aliphatic heterocycles. The van der Waals surface area contributed by atoms with Crippen LogP contribution in [0.4, 0.5) is 0 Å². The first-order chi connectivity index (χ1) is 31.4. The van der Waals surface area contributed by atoms with Crippen molar-refractivity contribution in [1.82, 2.24) is 0 Å². The van der Waals surface area contributed by atoms with Crippen LogP contribution in [0.25, 0.3) is 0 Å². The number of aliphatic hydroxyl groups excluding tert-OH is 18. The summed E-state index contributed by atoms with van der Waals surface area (Å²) in [7, 11) is 0. The molecule has 22 rings (SSSR count). The van der Waals surface area contributed by atoms with Crippen molar-refractivity contribution in [3.63, 3.8) is 0 Å². The molecule has 30 nitrogen and oxygen atoms in total. The fraction of sp³-hybridized carbons (Fsp3) is 1.00. The topological polar surface area (TPSA) is 475 Å². The van der Waals surface area contributed by atoms with Crippen molar-refractivity contribution in [2.75, 3.05) is 39.6 Å². The molecule has 0 amide bonds. The van der Waals surface area contributed by atoms with E-state index >= 15 is 0 Å². The van der Waals surface area contributed by atoms with Gasteiger partial charge < -0.3 is 149 Å². The molecule has 22 aliphatic rings. The minimum Gasteiger partial charge on any atom is -0.394 e. The van der Waals surface area contributed by atoms with Crippen LogP contribution in [0, 0.1) is 0 Å². The summed E-state index contributed by atoms with van der Waals surface area (Å²) in [6.07, 6.45) is -58.5. The van der Waals surface area contributed by atoms with Crippen LogP contribution in [-0.4, -0.2) is 316 Å². The molecule has 12 bridgehead atoms. The summed E-state index contributed by atoms with van der Waals surface area (Å²) in [5, 5.41) is 196. The van der Waals surface area contributed by atoms with Crippen LogP contribution in [0.15, 0.2) is 0 Å². The van der Waals surface area contributed by atoms with Crippen LogP contribution in [0.5, 0.6) is 0 Å². The SMILES string of the molecule is OC[C@H]1O[C@@H]2O[C@H]3[C@H](O)[C@@H](O)[C@@H](O[C@H]4[C@H](O)[C@@H](O)[C@@H](O[C@H]5[C@H](O)[C@@H](O)[C@@H](O[C@H]6[C@H](O)[C@@H](O)[C@@H](O[C@H]7[C@H](O)[C@@H](O)[C@@H](O[C@@H]1[C@H](O)[C@H]2O)O[C@@H]7CO)O[C@@H]6CO)O[C@@H]5CO)O[C@@H]4CO)O[C@@H]3CO.[Co]. The number of hydrogen-bond acceptors (Lipinski definition) is 30. The minimum atomic E-state index is -2.15. The average molecular weight is 1030 g/mol. The number of ether oxygens (including phenoxy) is 12. The van der Waals surface area contributed by atoms with Crippen LogP contribution in [0.3, 0.4) is 0 Å². The Balaban J connectivity index is 0.00000741. The second-order valence-corrected chi connectivity index (χ2v) is 16.8. The van der Waals surface area contributed by atoms with Gasteiger partial charge >= 0.3 is 0 Å². The maximum absolute atomic E-state index is 11.2. The van der Waals surface area contributed by atoms with Crippen molar-refractivity contribution >= 4 is 0 Å². The molecule has 67 heavy (non-hydrogen) atoms. The van der Waals surface area contributed by atoms with E-state index in [9.17, 15) is 91.9 Å². The summed E-state index contributed by atoms with van der Waals surface area (Å²) in [5.41, 5.74) is 0. The van der Waals surface area contributed by atoms with Gasteiger partial charge in [-0.2, -0.15) is 0 Å². The van der Waals surface area contributed by atoms with E-state index in [1.807, 2.05) is 0 Å². The quantitative estimate of drug-likeness (QED) is 0.117. The molecule has 0 aromatic carbocycles. The molecule has 22 saturated heterocycles. The number of aliphatic hydroxyl groups is 18. The molecule has 0 spiro atoms. The van der Waals surface area contributed by atoms with Gasteiger partial charge in [0.15, 0.2) is 37.7 Å². The molecule has 30 atom stereocenters. The van der Waals surface area contributed by atoms with E-state index in [1.165, 1.54) is 0 Å². The largest absolute Gasteiger partial charge is 0.394 e. The first-order valence-electron chi connectivity index (χ1n) is 21.1. The molecule has 1 radical (unpaired) electrons. The van der Waals surface area contributed by atoms with Crippen molar-refractivity contribution in [3.05, 3.63) is 0 Å². The van der Waals surface area contributed by atoms with Crippen LogP contribution in [0.2, 0.25) is 0 Å². The Morgan fingerprint density at radius 2 is 0.313 bits per heavy atom. The molecule has 0 unspecified atom stereocenters. The van der Waals surface area contributed by atoms with Gasteiger partial charge in [0.1, 0.15) is 146 Å². The molecule has 31 heteroatoms. The van der Waals surface area contributed by atoms with Gasteiger partial charge in [0.25, 0.3) is 0 Å². The fourth-order valence-corrected chi connectivity index (χ4v) is 8.93. The Labute approximate surface area is 388 Å². The zero-order valence-corrected chi connectivity index (χ0v) is 35.9. The fourth-order valence-electron chi connectivity index (χ4n) is 8.93. The van der Waals surface area contributed by atoms with Crippen molar-refractivity contribution < 1.29 is 166 Å². The average Bonchev–Trinajstić information content (AvgIpc) is 3.31. The van der Waals surface area contributed by atoms with E-state index in [0.717, 1.165) is 0 Å². The van der Waals surface area contributed by atoms with Crippen LogP contribution < -0.4 is 0 Å². The Kier molecular flexibility index (Phi) is 19.5. The van der Waals surface area contributed by atoms with Gasteiger partial charge in [0.05, 0.1) is 39.6 Å². The molecule has 0 saturated carbocycles. The first kappa shape index (κ1) is 55.6. The zero-order chi connectivity index (χ0) is 48.0. The van der Waals surface area contributed by atoms with Gasteiger partial charge in [-0.15, -0.1) is 0 Å². The second kappa shape index (κ2) is 23.5. The van der Waals surface area contributed by atoms with Crippen LogP contribution in [0.1, 0.15) is 0 Å². The van der Waals surface area contributed by atoms with Crippen molar-refractivity contribution in [2.45, 2.75) is 184 Å². The molecule has 18 N–H and O–H groups in total. The maximum Gasteiger partial charge on any atom is 0.187 e. The van der Waals surface area contributed by atoms with Crippen LogP contribution >= 0.6 is 0 Å². The van der Waals surface area contributed by atoms with E-state index < -0.39 is 224 Å². The molecule has 0 aliphatic carbocycles. The third kappa shape index (κ3) is 10.9. The van der Waals surface area contributed by atoms with Gasteiger partial charge in [0.2, 0.25) is 0 Å². The Morgan fingerprint density at radius 1 is 0.194 bits per heavy atom. The van der Waals surface area contributed by atoms with Gasteiger partial charge in [-0.25, -0.2) is 0 Å². The van der Waals surface area contributed by atoms with Crippen molar-refractivity contribution in [2.24, 2.45) is 0 Å². The van der Waals surface area contributed by atoms with Crippen molar-refractivity contribution in [3.8, 4) is 0 Å². The molecule has 22 fully saturated rings. The monoisotopic (exact) mass is 1030 g/mol. The Bertz CT molecular complexity index is 1240. The van der Waals surface area contributed by atoms with E-state index in [4.69, 9.17) is 56.8 Å². The third-order valence-electron chi connectivity index (χ3n) is 12.7. The first-order valence-corrected chi connectivity index (χ1v) is 21.1. The van der Waals surface area contributed by atoms with Crippen LogP contribution in [-0.2, 0) is 73.6 Å². The van der Waals surface area contributed by atoms with Gasteiger partial charge in [-0.1, -0.05) is 0 Å². The van der Waals surface area contributed by atoms with Gasteiger partial charge in [-0.3, -0.25) is 0 Å². The molecule has 22 heterocycles.